The molecule has 0 aliphatic rings. The molecule has 0 aromatic heterocycles. The number of rotatable bonds is 16. The first kappa shape index (κ1) is 47.1. The Morgan fingerprint density at radius 2 is 0.378 bits per heavy atom. The molecule has 224 valence electrons. The SMILES string of the molecule is COC(C[O-])(OC)OC.COC(C[O-])(OC)OC.COC(C[O-])(OC)OC.COC(C[O-])(OC)OC.[Zr+4]. The maximum absolute atomic E-state index is 10.3. The monoisotopic (exact) mass is 630 g/mol. The van der Waals surface area contributed by atoms with Gasteiger partial charge in [-0.25, -0.2) is 0 Å². The summed E-state index contributed by atoms with van der Waals surface area (Å²) in [5, 5.41) is 41.1. The Balaban J connectivity index is -0.000000122. The maximum Gasteiger partial charge on any atom is 4.00 e. The first-order valence-corrected chi connectivity index (χ1v) is 9.92. The van der Waals surface area contributed by atoms with Crippen molar-refractivity contribution in [2.45, 2.75) is 23.9 Å². The van der Waals surface area contributed by atoms with Gasteiger partial charge in [-0.15, -0.1) is 0 Å². The summed E-state index contributed by atoms with van der Waals surface area (Å²) in [5.74, 6) is -5.56. The Kier molecular flexibility index (Phi) is 35.4. The smallest absolute Gasteiger partial charge is 0.849 e. The number of hydrogen-bond donors (Lipinski definition) is 0. The molecule has 0 heterocycles. The molecule has 0 radical (unpaired) electrons. The van der Waals surface area contributed by atoms with Crippen molar-refractivity contribution in [1.82, 2.24) is 0 Å². The maximum atomic E-state index is 10.3. The molecule has 37 heavy (non-hydrogen) atoms. The summed E-state index contributed by atoms with van der Waals surface area (Å²) in [6, 6.07) is 0. The van der Waals surface area contributed by atoms with Crippen LogP contribution in [0.3, 0.4) is 0 Å². The molecule has 0 N–H and O–H groups in total. The van der Waals surface area contributed by atoms with Crippen LogP contribution in [-0.2, 0) is 83.0 Å². The Morgan fingerprint density at radius 3 is 0.378 bits per heavy atom. The molecule has 0 saturated heterocycles. The molecule has 16 nitrogen and oxygen atoms in total. The van der Waals surface area contributed by atoms with E-state index in [1.807, 2.05) is 0 Å². The standard InChI is InChI=1S/4C5H11O4.Zr/c4*1-7-5(4-6,8-2)9-3;/h4*4H2,1-3H3;/q4*-1;+4. The minimum atomic E-state index is -1.39. The van der Waals surface area contributed by atoms with Crippen LogP contribution in [0, 0.1) is 0 Å². The first-order valence-electron chi connectivity index (χ1n) is 9.92. The topological polar surface area (TPSA) is 203 Å². The van der Waals surface area contributed by atoms with E-state index in [0.29, 0.717) is 0 Å². The van der Waals surface area contributed by atoms with Crippen molar-refractivity contribution in [1.29, 1.82) is 0 Å². The Morgan fingerprint density at radius 1 is 0.297 bits per heavy atom. The van der Waals surface area contributed by atoms with E-state index >= 15 is 0 Å². The zero-order chi connectivity index (χ0) is 29.3. The van der Waals surface area contributed by atoms with Crippen LogP contribution in [0.15, 0.2) is 0 Å². The Bertz CT molecular complexity index is 294. The van der Waals surface area contributed by atoms with Crippen molar-refractivity contribution < 1.29 is 103 Å². The predicted molar refractivity (Wildman–Crippen MR) is 115 cm³/mol. The zero-order valence-corrected chi connectivity index (χ0v) is 26.3. The van der Waals surface area contributed by atoms with Crippen molar-refractivity contribution in [3.05, 3.63) is 0 Å². The van der Waals surface area contributed by atoms with Gasteiger partial charge in [0.15, 0.2) is 0 Å². The predicted octanol–water partition coefficient (Wildman–Crippen LogP) is -4.24. The van der Waals surface area contributed by atoms with Crippen LogP contribution >= 0.6 is 0 Å². The van der Waals surface area contributed by atoms with E-state index in [0.717, 1.165) is 0 Å². The first-order chi connectivity index (χ1) is 17.0. The normalized spacial score (nSPS) is 11.7. The third-order valence-electron chi connectivity index (χ3n) is 4.44. The van der Waals surface area contributed by atoms with Gasteiger partial charge in [0.1, 0.15) is 0 Å². The zero-order valence-electron chi connectivity index (χ0n) is 23.9. The molecule has 0 spiro atoms. The number of hydrogen-bond acceptors (Lipinski definition) is 16. The third kappa shape index (κ3) is 18.3. The number of methoxy groups -OCH3 is 12. The average molecular weight is 632 g/mol. The molecule has 0 fully saturated rings. The van der Waals surface area contributed by atoms with Gasteiger partial charge in [-0.1, -0.05) is 26.4 Å². The largest absolute Gasteiger partial charge is 4.00 e. The van der Waals surface area contributed by atoms with Gasteiger partial charge in [-0.2, -0.15) is 0 Å². The quantitative estimate of drug-likeness (QED) is 0.148. The molecule has 0 amide bonds. The summed E-state index contributed by atoms with van der Waals surface area (Å²) in [6.07, 6.45) is 0. The molecule has 0 unspecified atom stereocenters. The molecule has 0 atom stereocenters. The molecule has 0 aliphatic heterocycles. The third-order valence-corrected chi connectivity index (χ3v) is 4.44. The summed E-state index contributed by atoms with van der Waals surface area (Å²) in [5.41, 5.74) is 0. The van der Waals surface area contributed by atoms with E-state index < -0.39 is 50.3 Å². The van der Waals surface area contributed by atoms with Crippen LogP contribution in [0.1, 0.15) is 0 Å². The van der Waals surface area contributed by atoms with E-state index in [4.69, 9.17) is 0 Å². The minimum absolute atomic E-state index is 0. The molecule has 0 aromatic rings. The molecule has 0 bridgehead atoms. The Hall–Kier alpha value is 0.243. The summed E-state index contributed by atoms with van der Waals surface area (Å²) in [6.45, 7) is -2.29. The van der Waals surface area contributed by atoms with Gasteiger partial charge in [0.25, 0.3) is 23.9 Å². The van der Waals surface area contributed by atoms with E-state index in [1.54, 1.807) is 0 Å². The fourth-order valence-corrected chi connectivity index (χ4v) is 1.71. The fourth-order valence-electron chi connectivity index (χ4n) is 1.71. The van der Waals surface area contributed by atoms with Crippen molar-refractivity contribution in [2.75, 3.05) is 112 Å². The molecular formula is C20H44O16Zr. The number of ether oxygens (including phenoxy) is 12. The van der Waals surface area contributed by atoms with Gasteiger partial charge in [0, 0.05) is 85.3 Å². The molecular weight excluding hydrogens is 587 g/mol. The van der Waals surface area contributed by atoms with Crippen LogP contribution in [0.25, 0.3) is 0 Å². The molecule has 0 rings (SSSR count). The summed E-state index contributed by atoms with van der Waals surface area (Å²) < 4.78 is 55.5. The second kappa shape index (κ2) is 27.8. The van der Waals surface area contributed by atoms with Crippen LogP contribution in [0.4, 0.5) is 0 Å². The van der Waals surface area contributed by atoms with Gasteiger partial charge in [0.05, 0.1) is 0 Å². The van der Waals surface area contributed by atoms with Crippen molar-refractivity contribution >= 4 is 0 Å². The van der Waals surface area contributed by atoms with E-state index in [-0.39, 0.29) is 26.2 Å². The Labute approximate surface area is 238 Å². The van der Waals surface area contributed by atoms with E-state index in [2.05, 4.69) is 56.8 Å². The van der Waals surface area contributed by atoms with E-state index in [9.17, 15) is 20.4 Å². The van der Waals surface area contributed by atoms with Crippen LogP contribution in [0.2, 0.25) is 0 Å². The van der Waals surface area contributed by atoms with E-state index in [1.165, 1.54) is 85.3 Å². The molecule has 0 saturated carbocycles. The van der Waals surface area contributed by atoms with Crippen molar-refractivity contribution in [3.63, 3.8) is 0 Å². The summed E-state index contributed by atoms with van der Waals surface area (Å²) in [7, 11) is 16.2. The van der Waals surface area contributed by atoms with Crippen LogP contribution in [-0.4, -0.2) is 136 Å². The van der Waals surface area contributed by atoms with Gasteiger partial charge in [-0.05, 0) is 0 Å². The molecule has 0 aliphatic carbocycles. The van der Waals surface area contributed by atoms with Crippen LogP contribution < -0.4 is 20.4 Å². The van der Waals surface area contributed by atoms with Crippen molar-refractivity contribution in [3.8, 4) is 0 Å². The molecule has 17 heteroatoms. The van der Waals surface area contributed by atoms with Gasteiger partial charge in [0.2, 0.25) is 0 Å². The fraction of sp³-hybridized carbons (Fsp3) is 1.00. The van der Waals surface area contributed by atoms with Crippen LogP contribution in [0.5, 0.6) is 0 Å². The summed E-state index contributed by atoms with van der Waals surface area (Å²) >= 11 is 0. The van der Waals surface area contributed by atoms with Crippen molar-refractivity contribution in [2.24, 2.45) is 0 Å². The summed E-state index contributed by atoms with van der Waals surface area (Å²) in [4.78, 5) is 0. The van der Waals surface area contributed by atoms with Gasteiger partial charge in [-0.3, -0.25) is 0 Å². The van der Waals surface area contributed by atoms with Gasteiger partial charge >= 0.3 is 26.2 Å². The molecule has 0 aromatic carbocycles. The second-order valence-corrected chi connectivity index (χ2v) is 5.76. The second-order valence-electron chi connectivity index (χ2n) is 5.76. The van der Waals surface area contributed by atoms with Gasteiger partial charge < -0.3 is 77.3 Å². The average Bonchev–Trinajstić information content (AvgIpc) is 2.96. The minimum Gasteiger partial charge on any atom is -0.849 e.